The number of carbonyl (C=O) groups excluding carboxylic acids is 1. The molecule has 1 amide bonds. The molecule has 1 aliphatic carbocycles. The van der Waals surface area contributed by atoms with Gasteiger partial charge in [0.25, 0.3) is 5.91 Å². The highest BCUT2D eigenvalue weighted by atomic mass is 19.1. The Morgan fingerprint density at radius 1 is 1.15 bits per heavy atom. The topological polar surface area (TPSA) is 159 Å². The van der Waals surface area contributed by atoms with Gasteiger partial charge in [-0.15, -0.1) is 4.80 Å². The molecule has 39 heavy (non-hydrogen) atoms. The lowest BCUT2D eigenvalue weighted by atomic mass is 9.88. The molecule has 3 aromatic heterocycles. The highest BCUT2D eigenvalue weighted by molar-refractivity contribution is 5.98. The number of aromatic nitrogens is 5. The molecule has 0 aliphatic heterocycles. The summed E-state index contributed by atoms with van der Waals surface area (Å²) in [4.78, 5) is 22.3. The van der Waals surface area contributed by atoms with Gasteiger partial charge in [0.15, 0.2) is 11.6 Å². The van der Waals surface area contributed by atoms with Gasteiger partial charge in [0, 0.05) is 6.04 Å². The normalized spacial score (nSPS) is 19.0. The van der Waals surface area contributed by atoms with Crippen molar-refractivity contribution in [3.05, 3.63) is 83.7 Å². The number of primary amides is 1. The van der Waals surface area contributed by atoms with Crippen LogP contribution in [0.4, 0.5) is 21.7 Å². The summed E-state index contributed by atoms with van der Waals surface area (Å²) < 4.78 is 21.2. The first-order valence-electron chi connectivity index (χ1n) is 12.7. The summed E-state index contributed by atoms with van der Waals surface area (Å²) in [5.41, 5.74) is 14.9. The number of pyridine rings is 2. The molecule has 3 heterocycles. The molecule has 12 heteroatoms. The lowest BCUT2D eigenvalue weighted by Crippen LogP contribution is -2.52. The van der Waals surface area contributed by atoms with Crippen molar-refractivity contribution in [3.8, 4) is 5.69 Å². The summed E-state index contributed by atoms with van der Waals surface area (Å²) in [5, 5.41) is 14.5. The molecule has 0 saturated heterocycles. The maximum absolute atomic E-state index is 15.1. The van der Waals surface area contributed by atoms with Crippen molar-refractivity contribution in [3.63, 3.8) is 0 Å². The minimum Gasteiger partial charge on any atom is -0.372 e. The van der Waals surface area contributed by atoms with Crippen molar-refractivity contribution in [2.75, 3.05) is 10.6 Å². The summed E-state index contributed by atoms with van der Waals surface area (Å²) >= 11 is 0. The van der Waals surface area contributed by atoms with E-state index in [0.717, 1.165) is 30.9 Å². The van der Waals surface area contributed by atoms with Crippen LogP contribution in [0.3, 0.4) is 0 Å². The molecule has 3 atom stereocenters. The minimum atomic E-state index is -0.826. The molecule has 4 aromatic rings. The fourth-order valence-corrected chi connectivity index (χ4v) is 4.64. The van der Waals surface area contributed by atoms with Crippen molar-refractivity contribution in [2.45, 2.75) is 51.0 Å². The molecule has 1 fully saturated rings. The molecule has 11 nitrogen and oxygen atoms in total. The number of amides is 1. The van der Waals surface area contributed by atoms with Gasteiger partial charge >= 0.3 is 0 Å². The van der Waals surface area contributed by atoms with Gasteiger partial charge in [-0.05, 0) is 43.9 Å². The smallest absolute Gasteiger partial charge is 0.252 e. The lowest BCUT2D eigenvalue weighted by molar-refractivity contribution is 0.000681. The summed E-state index contributed by atoms with van der Waals surface area (Å²) in [5.74, 6) is -1.50. The van der Waals surface area contributed by atoms with Gasteiger partial charge in [-0.3, -0.25) is 9.78 Å². The zero-order valence-electron chi connectivity index (χ0n) is 21.4. The number of halogens is 1. The van der Waals surface area contributed by atoms with Crippen LogP contribution in [0.2, 0.25) is 0 Å². The number of carbonyl (C=O) groups is 1. The maximum atomic E-state index is 15.1. The summed E-state index contributed by atoms with van der Waals surface area (Å²) in [7, 11) is 0. The first-order chi connectivity index (χ1) is 18.9. The second-order valence-corrected chi connectivity index (χ2v) is 9.45. The van der Waals surface area contributed by atoms with Crippen LogP contribution in [0.15, 0.2) is 61.1 Å². The zero-order chi connectivity index (χ0) is 27.4. The monoisotopic (exact) mass is 531 g/mol. The van der Waals surface area contributed by atoms with E-state index in [1.807, 2.05) is 37.3 Å². The fraction of sp³-hybridized carbons (Fsp3) is 0.296. The van der Waals surface area contributed by atoms with Crippen LogP contribution in [-0.2, 0) is 11.3 Å². The van der Waals surface area contributed by atoms with E-state index in [2.05, 4.69) is 30.8 Å². The SMILES string of the molecule is Cc1ncc(Nc2nc(N[C@@H]3CCC[C@@H](OCc4ccccc4)[C@@H]3N)c(F)cc2C(N)=O)cc1-n1nccn1. The van der Waals surface area contributed by atoms with Gasteiger partial charge in [-0.2, -0.15) is 10.2 Å². The number of nitrogens with two attached hydrogens (primary N) is 2. The third-order valence-electron chi connectivity index (χ3n) is 6.73. The number of aryl methyl sites for hydroxylation is 1. The average Bonchev–Trinajstić information content (AvgIpc) is 3.47. The van der Waals surface area contributed by atoms with Crippen LogP contribution in [0.1, 0.15) is 40.9 Å². The molecule has 0 radical (unpaired) electrons. The fourth-order valence-electron chi connectivity index (χ4n) is 4.64. The van der Waals surface area contributed by atoms with Crippen molar-refractivity contribution in [1.82, 2.24) is 25.0 Å². The Morgan fingerprint density at radius 3 is 2.67 bits per heavy atom. The number of ether oxygens (including phenoxy) is 1. The van der Waals surface area contributed by atoms with Gasteiger partial charge in [-0.25, -0.2) is 9.37 Å². The summed E-state index contributed by atoms with van der Waals surface area (Å²) in [6, 6.07) is 12.0. The number of hydrogen-bond donors (Lipinski definition) is 4. The van der Waals surface area contributed by atoms with Crippen LogP contribution in [0.5, 0.6) is 0 Å². The Hall–Kier alpha value is -4.42. The molecule has 0 unspecified atom stereocenters. The predicted octanol–water partition coefficient (Wildman–Crippen LogP) is 3.22. The van der Waals surface area contributed by atoms with Crippen LogP contribution in [0.25, 0.3) is 5.69 Å². The van der Waals surface area contributed by atoms with Gasteiger partial charge in [-0.1, -0.05) is 30.3 Å². The minimum absolute atomic E-state index is 0.0410. The number of nitrogens with one attached hydrogen (secondary N) is 2. The standard InChI is InChI=1S/C27H30FN9O2/c1-16-22(37-32-10-11-33-37)12-18(14-31-16)34-26-19(25(30)38)13-20(28)27(36-26)35-21-8-5-9-23(24(21)29)39-15-17-6-3-2-4-7-17/h2-4,6-7,10-14,21,23-24H,5,8-9,15,29H2,1H3,(H2,30,38)(H2,34,35,36)/t21-,23-,24-/m1/s1. The highest BCUT2D eigenvalue weighted by Gasteiger charge is 2.32. The molecule has 0 bridgehead atoms. The van der Waals surface area contributed by atoms with Gasteiger partial charge in [0.2, 0.25) is 0 Å². The molecule has 5 rings (SSSR count). The predicted molar refractivity (Wildman–Crippen MR) is 144 cm³/mol. The third kappa shape index (κ3) is 6.02. The largest absolute Gasteiger partial charge is 0.372 e. The van der Waals surface area contributed by atoms with E-state index in [-0.39, 0.29) is 35.4 Å². The first-order valence-corrected chi connectivity index (χ1v) is 12.7. The van der Waals surface area contributed by atoms with E-state index in [0.29, 0.717) is 23.7 Å². The molecule has 6 N–H and O–H groups in total. The van der Waals surface area contributed by atoms with Crippen LogP contribution >= 0.6 is 0 Å². The molecular weight excluding hydrogens is 501 g/mol. The van der Waals surface area contributed by atoms with E-state index < -0.39 is 11.7 Å². The van der Waals surface area contributed by atoms with Gasteiger partial charge in [0.1, 0.15) is 11.5 Å². The van der Waals surface area contributed by atoms with Gasteiger partial charge < -0.3 is 26.8 Å². The van der Waals surface area contributed by atoms with E-state index in [1.165, 1.54) is 4.80 Å². The first kappa shape index (κ1) is 26.2. The lowest BCUT2D eigenvalue weighted by Gasteiger charge is -2.36. The summed E-state index contributed by atoms with van der Waals surface area (Å²) in [6.07, 6.45) is 6.86. The van der Waals surface area contributed by atoms with E-state index in [1.54, 1.807) is 24.7 Å². The second-order valence-electron chi connectivity index (χ2n) is 9.45. The number of benzene rings is 1. The van der Waals surface area contributed by atoms with E-state index in [4.69, 9.17) is 16.2 Å². The number of rotatable bonds is 9. The number of nitrogens with zero attached hydrogens (tertiary/aromatic N) is 5. The van der Waals surface area contributed by atoms with Crippen LogP contribution in [0, 0.1) is 12.7 Å². The van der Waals surface area contributed by atoms with Crippen LogP contribution < -0.4 is 22.1 Å². The molecule has 1 aromatic carbocycles. The van der Waals surface area contributed by atoms with Gasteiger partial charge in [0.05, 0.1) is 54.3 Å². The van der Waals surface area contributed by atoms with Crippen molar-refractivity contribution < 1.29 is 13.9 Å². The maximum Gasteiger partial charge on any atom is 0.252 e. The Balaban J connectivity index is 1.35. The molecular formula is C27H30FN9O2. The molecule has 202 valence electrons. The van der Waals surface area contributed by atoms with E-state index >= 15 is 4.39 Å². The zero-order valence-corrected chi connectivity index (χ0v) is 21.4. The Kier molecular flexibility index (Phi) is 7.75. The van der Waals surface area contributed by atoms with Crippen molar-refractivity contribution >= 4 is 23.2 Å². The Bertz CT molecular complexity index is 1430. The number of hydrogen-bond acceptors (Lipinski definition) is 9. The Labute approximate surface area is 224 Å². The Morgan fingerprint density at radius 2 is 1.92 bits per heavy atom. The molecule has 1 saturated carbocycles. The highest BCUT2D eigenvalue weighted by Crippen LogP contribution is 2.28. The quantitative estimate of drug-likeness (QED) is 0.254. The number of anilines is 3. The van der Waals surface area contributed by atoms with Crippen molar-refractivity contribution in [1.29, 1.82) is 0 Å². The van der Waals surface area contributed by atoms with E-state index in [9.17, 15) is 4.79 Å². The third-order valence-corrected chi connectivity index (χ3v) is 6.73. The summed E-state index contributed by atoms with van der Waals surface area (Å²) in [6.45, 7) is 2.26. The molecule has 1 aliphatic rings. The second kappa shape index (κ2) is 11.5. The average molecular weight is 532 g/mol. The molecule has 0 spiro atoms. The van der Waals surface area contributed by atoms with Crippen molar-refractivity contribution in [2.24, 2.45) is 11.5 Å². The van der Waals surface area contributed by atoms with Crippen LogP contribution in [-0.4, -0.2) is 49.1 Å².